The predicted octanol–water partition coefficient (Wildman–Crippen LogP) is 5.44. The van der Waals surface area contributed by atoms with E-state index in [1.807, 2.05) is 29.1 Å². The average molecular weight is 586 g/mol. The number of carbonyl (C=O) groups excluding carboxylic acids is 2. The maximum atomic E-state index is 13.4. The number of benzene rings is 2. The third kappa shape index (κ3) is 5.38. The minimum atomic E-state index is -0.108. The fourth-order valence-corrected chi connectivity index (χ4v) is 7.97. The zero-order valence-corrected chi connectivity index (χ0v) is 24.4. The highest BCUT2D eigenvalue weighted by Gasteiger charge is 2.52. The number of ether oxygens (including phenoxy) is 1. The van der Waals surface area contributed by atoms with Crippen LogP contribution in [0.25, 0.3) is 6.08 Å². The fraction of sp³-hybridized carbons (Fsp3) is 0.455. The first-order chi connectivity index (χ1) is 20.5. The van der Waals surface area contributed by atoms with Crippen LogP contribution in [0.2, 0.25) is 5.02 Å². The van der Waals surface area contributed by atoms with Crippen molar-refractivity contribution in [3.63, 3.8) is 0 Å². The Balaban J connectivity index is 0.966. The number of rotatable bonds is 7. The van der Waals surface area contributed by atoms with Gasteiger partial charge in [0.15, 0.2) is 5.78 Å². The number of hydrogen-bond donors (Lipinski definition) is 0. The van der Waals surface area contributed by atoms with Gasteiger partial charge in [-0.25, -0.2) is 4.68 Å². The normalized spacial score (nSPS) is 27.5. The number of amides is 1. The Kier molecular flexibility index (Phi) is 7.59. The molecule has 9 heteroatoms. The molecule has 0 radical (unpaired) electrons. The van der Waals surface area contributed by atoms with E-state index in [0.717, 1.165) is 18.5 Å². The molecule has 5 heterocycles. The van der Waals surface area contributed by atoms with Crippen molar-refractivity contribution in [2.45, 2.75) is 63.3 Å². The summed E-state index contributed by atoms with van der Waals surface area (Å²) in [5, 5.41) is 9.37. The summed E-state index contributed by atoms with van der Waals surface area (Å²) in [5.41, 5.74) is 2.08. The lowest BCUT2D eigenvalue weighted by atomic mass is 9.67. The summed E-state index contributed by atoms with van der Waals surface area (Å²) in [6, 6.07) is 15.4. The zero-order valence-electron chi connectivity index (χ0n) is 23.6. The van der Waals surface area contributed by atoms with Crippen LogP contribution in [0.1, 0.15) is 66.2 Å². The van der Waals surface area contributed by atoms with Gasteiger partial charge in [0.05, 0.1) is 12.2 Å². The van der Waals surface area contributed by atoms with Crippen LogP contribution in [0, 0.1) is 11.8 Å². The van der Waals surface area contributed by atoms with E-state index in [2.05, 4.69) is 20.1 Å². The second-order valence-corrected chi connectivity index (χ2v) is 12.6. The van der Waals surface area contributed by atoms with Crippen molar-refractivity contribution in [2.75, 3.05) is 19.6 Å². The number of nitrogens with zero attached hydrogens (tertiary/aromatic N) is 5. The van der Waals surface area contributed by atoms with Crippen molar-refractivity contribution >= 4 is 29.4 Å². The van der Waals surface area contributed by atoms with E-state index < -0.39 is 0 Å². The summed E-state index contributed by atoms with van der Waals surface area (Å²) in [6.07, 6.45) is 11.6. The number of fused-ring (bicyclic) bond motifs is 2. The van der Waals surface area contributed by atoms with E-state index in [4.69, 9.17) is 16.3 Å². The summed E-state index contributed by atoms with van der Waals surface area (Å²) in [5.74, 6) is 2.00. The Bertz CT molecular complexity index is 1480. The molecule has 0 unspecified atom stereocenters. The van der Waals surface area contributed by atoms with Gasteiger partial charge in [-0.1, -0.05) is 35.0 Å². The summed E-state index contributed by atoms with van der Waals surface area (Å²) in [6.45, 7) is 3.62. The first-order valence-corrected chi connectivity index (χ1v) is 15.6. The minimum Gasteiger partial charge on any atom is -0.487 e. The molecule has 0 N–H and O–H groups in total. The van der Waals surface area contributed by atoms with Gasteiger partial charge in [0.25, 0.3) is 0 Å². The van der Waals surface area contributed by atoms with Gasteiger partial charge in [0.1, 0.15) is 18.1 Å². The fourth-order valence-electron chi connectivity index (χ4n) is 7.77. The number of ketones is 1. The molecule has 42 heavy (non-hydrogen) atoms. The van der Waals surface area contributed by atoms with E-state index in [0.29, 0.717) is 52.4 Å². The first kappa shape index (κ1) is 27.3. The third-order valence-electron chi connectivity index (χ3n) is 9.69. The highest BCUT2D eigenvalue weighted by molar-refractivity contribution is 6.32. The highest BCUT2D eigenvalue weighted by Crippen LogP contribution is 2.46. The summed E-state index contributed by atoms with van der Waals surface area (Å²) < 4.78 is 7.83. The number of allylic oxidation sites excluding steroid dienone is 1. The Morgan fingerprint density at radius 1 is 1.07 bits per heavy atom. The van der Waals surface area contributed by atoms with Crippen molar-refractivity contribution in [3.8, 4) is 5.75 Å². The lowest BCUT2D eigenvalue weighted by molar-refractivity contribution is -0.153. The second-order valence-electron chi connectivity index (χ2n) is 12.2. The van der Waals surface area contributed by atoms with Crippen LogP contribution in [-0.2, 0) is 11.4 Å². The highest BCUT2D eigenvalue weighted by atomic mass is 35.5. The molecule has 1 aromatic heterocycles. The Hall–Kier alpha value is -3.49. The molecular weight excluding hydrogens is 550 g/mol. The Morgan fingerprint density at radius 3 is 2.71 bits per heavy atom. The number of carbonyl (C=O) groups is 2. The average Bonchev–Trinajstić information content (AvgIpc) is 3.50. The molecule has 1 amide bonds. The molecule has 4 fully saturated rings. The molecule has 3 aromatic rings. The Morgan fingerprint density at radius 2 is 1.88 bits per heavy atom. The summed E-state index contributed by atoms with van der Waals surface area (Å²) >= 11 is 6.17. The molecule has 8 nitrogen and oxygen atoms in total. The van der Waals surface area contributed by atoms with Gasteiger partial charge >= 0.3 is 0 Å². The number of hydrogen-bond acceptors (Lipinski definition) is 6. The van der Waals surface area contributed by atoms with E-state index in [-0.39, 0.29) is 24.3 Å². The van der Waals surface area contributed by atoms with Crippen LogP contribution < -0.4 is 4.74 Å². The third-order valence-corrected chi connectivity index (χ3v) is 10.0. The quantitative estimate of drug-likeness (QED) is 0.271. The zero-order chi connectivity index (χ0) is 28.6. The second kappa shape index (κ2) is 11.7. The molecular formula is C33H36ClN5O3. The van der Waals surface area contributed by atoms with Gasteiger partial charge < -0.3 is 9.64 Å². The van der Waals surface area contributed by atoms with E-state index in [1.165, 1.54) is 44.8 Å². The monoisotopic (exact) mass is 585 g/mol. The predicted molar refractivity (Wildman–Crippen MR) is 160 cm³/mol. The van der Waals surface area contributed by atoms with Gasteiger partial charge in [-0.3, -0.25) is 14.5 Å². The number of piperidine rings is 4. The molecule has 4 aliphatic heterocycles. The van der Waals surface area contributed by atoms with Crippen LogP contribution in [0.5, 0.6) is 5.75 Å². The van der Waals surface area contributed by atoms with Crippen LogP contribution >= 0.6 is 11.6 Å². The molecule has 218 valence electrons. The number of aromatic nitrogens is 3. The molecule has 5 atom stereocenters. The van der Waals surface area contributed by atoms with Gasteiger partial charge in [-0.15, -0.1) is 5.10 Å². The summed E-state index contributed by atoms with van der Waals surface area (Å²) in [4.78, 5) is 30.9. The first-order valence-electron chi connectivity index (χ1n) is 15.2. The molecule has 0 aliphatic carbocycles. The largest absolute Gasteiger partial charge is 0.487 e. The van der Waals surface area contributed by atoms with Gasteiger partial charge in [-0.2, -0.15) is 0 Å². The smallest absolute Gasteiger partial charge is 0.224 e. The minimum absolute atomic E-state index is 0.0274. The van der Waals surface area contributed by atoms with Crippen molar-refractivity contribution in [3.05, 3.63) is 82.6 Å². The lowest BCUT2D eigenvalue weighted by Gasteiger charge is -2.59. The molecule has 0 spiro atoms. The molecule has 0 saturated carbocycles. The van der Waals surface area contributed by atoms with Crippen molar-refractivity contribution in [1.29, 1.82) is 0 Å². The molecule has 4 saturated heterocycles. The summed E-state index contributed by atoms with van der Waals surface area (Å²) in [7, 11) is 0. The van der Waals surface area contributed by atoms with Crippen molar-refractivity contribution in [2.24, 2.45) is 11.8 Å². The van der Waals surface area contributed by atoms with Crippen LogP contribution in [0.15, 0.2) is 60.8 Å². The SMILES string of the molecule is O=C(/C=C/c1ccccc1Cl)c1ccc(OCc2cn([C@H]3CC(=O)N4C[C@@H]5CCCN6CCC[C@@H]([C@H]56)[C@H]4C3)nn2)cc1. The van der Waals surface area contributed by atoms with Gasteiger partial charge in [-0.05, 0) is 105 Å². The van der Waals surface area contributed by atoms with Gasteiger partial charge in [0, 0.05) is 35.6 Å². The van der Waals surface area contributed by atoms with Crippen LogP contribution in [0.3, 0.4) is 0 Å². The molecule has 4 aliphatic rings. The van der Waals surface area contributed by atoms with Crippen molar-refractivity contribution < 1.29 is 14.3 Å². The lowest BCUT2D eigenvalue weighted by Crippen LogP contribution is -2.67. The topological polar surface area (TPSA) is 80.6 Å². The van der Waals surface area contributed by atoms with Crippen LogP contribution in [-0.4, -0.2) is 68.2 Å². The maximum Gasteiger partial charge on any atom is 0.224 e. The van der Waals surface area contributed by atoms with Gasteiger partial charge in [0.2, 0.25) is 5.91 Å². The van der Waals surface area contributed by atoms with Crippen LogP contribution in [0.4, 0.5) is 0 Å². The standard InChI is InChI=1S/C33H36ClN5O3/c34-29-8-2-1-5-22(29)11-14-31(40)23-9-12-27(13-10-23)42-21-25-20-39(36-35-25)26-17-30-28-7-4-16-37-15-3-6-24(33(28)37)19-38(30)32(41)18-26/h1-2,5,8-14,20,24,26,28,30,33H,3-4,6-7,15-19,21H2/b14-11+/t24-,26+,28+,30+,33-/m0/s1. The molecule has 2 aromatic carbocycles. The van der Waals surface area contributed by atoms with E-state index >= 15 is 0 Å². The van der Waals surface area contributed by atoms with E-state index in [1.54, 1.807) is 36.4 Å². The molecule has 0 bridgehead atoms. The number of halogens is 1. The Labute approximate surface area is 251 Å². The van der Waals surface area contributed by atoms with E-state index in [9.17, 15) is 9.59 Å². The maximum absolute atomic E-state index is 13.4. The van der Waals surface area contributed by atoms with Crippen molar-refractivity contribution in [1.82, 2.24) is 24.8 Å². The molecule has 7 rings (SSSR count).